The Balaban J connectivity index is 1.13. The summed E-state index contributed by atoms with van der Waals surface area (Å²) in [4.78, 5) is 0. The lowest BCUT2D eigenvalue weighted by molar-refractivity contribution is 0.305. The maximum Gasteiger partial charge on any atom is 0.140 e. The van der Waals surface area contributed by atoms with Crippen LogP contribution in [0.5, 0.6) is 23.0 Å². The predicted molar refractivity (Wildman–Crippen MR) is 299 cm³/mol. The monoisotopic (exact) mass is 938 g/mol. The molecule has 0 radical (unpaired) electrons. The maximum absolute atomic E-state index is 6.56. The summed E-state index contributed by atoms with van der Waals surface area (Å²) >= 11 is 0. The summed E-state index contributed by atoms with van der Waals surface area (Å²) in [5.41, 5.74) is 7.98. The minimum absolute atomic E-state index is 0.501. The van der Waals surface area contributed by atoms with Gasteiger partial charge < -0.3 is 18.9 Å². The Morgan fingerprint density at radius 1 is 0.444 bits per heavy atom. The number of hydrogen-bond acceptors (Lipinski definition) is 4. The first kappa shape index (κ1) is 48.5. The molecule has 4 heteroatoms. The molecule has 0 aliphatic rings. The molecule has 0 saturated heterocycles. The average Bonchev–Trinajstić information content (AvgIpc) is 3.42. The number of rotatable bonds is 19. The summed E-state index contributed by atoms with van der Waals surface area (Å²) < 4.78 is 25.2. The van der Waals surface area contributed by atoms with E-state index in [0.717, 1.165) is 113 Å². The van der Waals surface area contributed by atoms with Gasteiger partial charge in [-0.15, -0.1) is 6.42 Å². The molecule has 9 aromatic carbocycles. The fourth-order valence-corrected chi connectivity index (χ4v) is 9.30. The molecule has 1 atom stereocenters. The molecule has 72 heavy (non-hydrogen) atoms. The molecule has 9 aromatic rings. The van der Waals surface area contributed by atoms with Gasteiger partial charge in [-0.2, -0.15) is 0 Å². The lowest BCUT2D eigenvalue weighted by atomic mass is 9.85. The van der Waals surface area contributed by atoms with E-state index in [-0.39, 0.29) is 0 Å². The number of fused-ring (bicyclic) bond motifs is 4. The molecule has 0 N–H and O–H groups in total. The van der Waals surface area contributed by atoms with Gasteiger partial charge in [-0.25, -0.2) is 0 Å². The molecule has 0 aromatic heterocycles. The molecular formula is C68H58O4. The molecule has 0 amide bonds. The third kappa shape index (κ3) is 11.9. The van der Waals surface area contributed by atoms with Gasteiger partial charge in [-0.05, 0) is 185 Å². The van der Waals surface area contributed by atoms with Crippen LogP contribution in [0, 0.1) is 48.1 Å². The first-order valence-electron chi connectivity index (χ1n) is 25.2. The molecule has 0 bridgehead atoms. The zero-order valence-electron chi connectivity index (χ0n) is 41.4. The van der Waals surface area contributed by atoms with Gasteiger partial charge in [-0.3, -0.25) is 0 Å². The van der Waals surface area contributed by atoms with Crippen LogP contribution in [-0.4, -0.2) is 6.61 Å². The van der Waals surface area contributed by atoms with Gasteiger partial charge in [-0.1, -0.05) is 150 Å². The van der Waals surface area contributed by atoms with Gasteiger partial charge in [0.05, 0.1) is 6.61 Å². The minimum Gasteiger partial charge on any atom is -0.494 e. The van der Waals surface area contributed by atoms with Crippen LogP contribution in [0.3, 0.4) is 0 Å². The molecular weight excluding hydrogens is 881 g/mol. The molecule has 0 spiro atoms. The van der Waals surface area contributed by atoms with Crippen molar-refractivity contribution in [1.82, 2.24) is 0 Å². The topological polar surface area (TPSA) is 36.9 Å². The molecule has 0 aliphatic carbocycles. The third-order valence-corrected chi connectivity index (χ3v) is 13.4. The van der Waals surface area contributed by atoms with E-state index in [4.69, 9.17) is 25.4 Å². The SMILES string of the molecule is C#CC#CC#CC#COc1ccc2c(-c3ccc4cc(OCc5ccc(C(C)CC)cc5)ccc4c3)c3cc(OCCCCCCCC)ccc3c(-c3ccc4cc(OCc5ccccc5)ccc4c3)c2c1. The van der Waals surface area contributed by atoms with E-state index in [1.807, 2.05) is 24.3 Å². The minimum atomic E-state index is 0.501. The van der Waals surface area contributed by atoms with E-state index in [9.17, 15) is 0 Å². The highest BCUT2D eigenvalue weighted by atomic mass is 16.5. The number of unbranched alkanes of at least 4 members (excludes halogenated alkanes) is 5. The summed E-state index contributed by atoms with van der Waals surface area (Å²) in [6, 6.07) is 57.8. The number of terminal acetylenes is 1. The summed E-state index contributed by atoms with van der Waals surface area (Å²) in [6.07, 6.45) is 16.3. The average molecular weight is 939 g/mol. The normalized spacial score (nSPS) is 11.1. The Morgan fingerprint density at radius 3 is 1.58 bits per heavy atom. The standard InChI is InChI=1S/C68H58O4/c1-5-8-10-12-14-19-39-69-61-36-38-64-65(45-61)67(57-29-27-55-43-59(33-31-53(55)41-57)71-47-50-21-17-16-18-22-50)63-37-35-62(70-40-20-15-13-11-9-6-2)46-66(63)68(64)58-30-28-56-44-60(34-32-54(56)42-58)72-48-51-23-25-52(26-24-51)49(4)7-3/h1,16-18,21-38,41-46,49H,6-7,9,11,13,15,20,40,47-48H2,2-4H3. The van der Waals surface area contributed by atoms with E-state index in [2.05, 4.69) is 202 Å². The second kappa shape index (κ2) is 23.9. The van der Waals surface area contributed by atoms with Crippen LogP contribution in [0.4, 0.5) is 0 Å². The second-order valence-electron chi connectivity index (χ2n) is 18.3. The first-order chi connectivity index (χ1) is 35.5. The number of ether oxygens (including phenoxy) is 4. The smallest absolute Gasteiger partial charge is 0.140 e. The zero-order valence-corrected chi connectivity index (χ0v) is 41.4. The highest BCUT2D eigenvalue weighted by molar-refractivity contribution is 6.22. The van der Waals surface area contributed by atoms with Crippen molar-refractivity contribution in [3.05, 3.63) is 180 Å². The predicted octanol–water partition coefficient (Wildman–Crippen LogP) is 17.0. The molecule has 0 saturated carbocycles. The summed E-state index contributed by atoms with van der Waals surface area (Å²) in [5, 5.41) is 8.68. The van der Waals surface area contributed by atoms with Gasteiger partial charge in [0.1, 0.15) is 42.3 Å². The Kier molecular flexibility index (Phi) is 16.1. The van der Waals surface area contributed by atoms with E-state index in [1.165, 1.54) is 31.2 Å². The summed E-state index contributed by atoms with van der Waals surface area (Å²) in [6.45, 7) is 8.42. The Bertz CT molecular complexity index is 3600. The lowest BCUT2D eigenvalue weighted by Crippen LogP contribution is -1.98. The van der Waals surface area contributed by atoms with Crippen molar-refractivity contribution < 1.29 is 18.9 Å². The third-order valence-electron chi connectivity index (χ3n) is 13.4. The molecule has 0 heterocycles. The van der Waals surface area contributed by atoms with Crippen LogP contribution < -0.4 is 18.9 Å². The lowest BCUT2D eigenvalue weighted by Gasteiger charge is -2.20. The molecule has 9 rings (SSSR count). The van der Waals surface area contributed by atoms with Crippen LogP contribution in [0.1, 0.15) is 88.3 Å². The van der Waals surface area contributed by atoms with Gasteiger partial charge in [0.25, 0.3) is 0 Å². The highest BCUT2D eigenvalue weighted by Crippen LogP contribution is 2.47. The van der Waals surface area contributed by atoms with Crippen LogP contribution >= 0.6 is 0 Å². The van der Waals surface area contributed by atoms with E-state index >= 15 is 0 Å². The van der Waals surface area contributed by atoms with Crippen molar-refractivity contribution >= 4 is 43.1 Å². The Labute approximate surface area is 425 Å². The summed E-state index contributed by atoms with van der Waals surface area (Å²) in [5.74, 6) is 19.1. The van der Waals surface area contributed by atoms with Crippen LogP contribution in [0.15, 0.2) is 164 Å². The molecule has 1 unspecified atom stereocenters. The van der Waals surface area contributed by atoms with Crippen molar-refractivity contribution in [2.75, 3.05) is 6.61 Å². The summed E-state index contributed by atoms with van der Waals surface area (Å²) in [7, 11) is 0. The Hall–Kier alpha value is -8.54. The highest BCUT2D eigenvalue weighted by Gasteiger charge is 2.20. The second-order valence-corrected chi connectivity index (χ2v) is 18.3. The van der Waals surface area contributed by atoms with Crippen LogP contribution in [0.25, 0.3) is 65.3 Å². The van der Waals surface area contributed by atoms with Crippen molar-refractivity contribution in [3.8, 4) is 93.3 Å². The van der Waals surface area contributed by atoms with E-state index in [1.54, 1.807) is 0 Å². The van der Waals surface area contributed by atoms with Crippen molar-refractivity contribution in [2.24, 2.45) is 0 Å². The van der Waals surface area contributed by atoms with Crippen LogP contribution in [-0.2, 0) is 13.2 Å². The largest absolute Gasteiger partial charge is 0.494 e. The molecule has 0 aliphatic heterocycles. The van der Waals surface area contributed by atoms with Gasteiger partial charge in [0, 0.05) is 17.8 Å². The quantitative estimate of drug-likeness (QED) is 0.0460. The maximum atomic E-state index is 6.56. The number of benzene rings is 9. The first-order valence-corrected chi connectivity index (χ1v) is 25.2. The van der Waals surface area contributed by atoms with Gasteiger partial charge in [0.2, 0.25) is 0 Å². The molecule has 4 nitrogen and oxygen atoms in total. The fraction of sp³-hybridized carbons (Fsp3) is 0.206. The molecule has 0 fully saturated rings. The van der Waals surface area contributed by atoms with Gasteiger partial charge in [0.15, 0.2) is 0 Å². The Morgan fingerprint density at radius 2 is 0.958 bits per heavy atom. The van der Waals surface area contributed by atoms with Crippen molar-refractivity contribution in [2.45, 2.75) is 84.8 Å². The zero-order chi connectivity index (χ0) is 49.5. The fourth-order valence-electron chi connectivity index (χ4n) is 9.30. The van der Waals surface area contributed by atoms with Crippen LogP contribution in [0.2, 0.25) is 0 Å². The number of hydrogen-bond donors (Lipinski definition) is 0. The van der Waals surface area contributed by atoms with E-state index < -0.39 is 0 Å². The molecule has 354 valence electrons. The van der Waals surface area contributed by atoms with E-state index in [0.29, 0.717) is 31.5 Å². The van der Waals surface area contributed by atoms with Crippen molar-refractivity contribution in [3.63, 3.8) is 0 Å². The van der Waals surface area contributed by atoms with Crippen molar-refractivity contribution in [1.29, 1.82) is 0 Å². The van der Waals surface area contributed by atoms with Gasteiger partial charge >= 0.3 is 0 Å².